The number of nitrogens with two attached hydrogens (primary N) is 1. The number of amides is 2. The van der Waals surface area contributed by atoms with Gasteiger partial charge in [-0.2, -0.15) is 0 Å². The Bertz CT molecular complexity index is 549. The molecule has 6 nitrogen and oxygen atoms in total. The molecule has 1 aliphatic rings. The summed E-state index contributed by atoms with van der Waals surface area (Å²) < 4.78 is 5.56. The molecule has 2 atom stereocenters. The fourth-order valence-corrected chi connectivity index (χ4v) is 2.51. The third kappa shape index (κ3) is 6.11. The Kier molecular flexibility index (Phi) is 8.18. The number of halogens is 1. The normalized spacial score (nSPS) is 19.7. The third-order valence-electron chi connectivity index (χ3n) is 3.69. The van der Waals surface area contributed by atoms with Crippen LogP contribution in [0.15, 0.2) is 24.3 Å². The molecule has 4 N–H and O–H groups in total. The van der Waals surface area contributed by atoms with Crippen LogP contribution in [0.4, 0.5) is 11.4 Å². The lowest BCUT2D eigenvalue weighted by Gasteiger charge is -2.13. The lowest BCUT2D eigenvalue weighted by atomic mass is 10.1. The van der Waals surface area contributed by atoms with Crippen molar-refractivity contribution in [3.05, 3.63) is 24.3 Å². The molecule has 7 heteroatoms. The standard InChI is InChI=1S/C17H25N3O3.ClH/c1-11(2)9-16(21)19-12-3-5-13(6-4-12)20-17(22)15-8-7-14(10-18)23-15;/h3-6,11,14-15H,7-10,18H2,1-2H3,(H,19,21)(H,20,22);1H/t14-,15+;/m1./s1. The van der Waals surface area contributed by atoms with Gasteiger partial charge in [-0.1, -0.05) is 13.8 Å². The number of rotatable bonds is 6. The summed E-state index contributed by atoms with van der Waals surface area (Å²) in [6.07, 6.45) is 1.53. The van der Waals surface area contributed by atoms with Crippen molar-refractivity contribution in [2.75, 3.05) is 17.2 Å². The number of carbonyl (C=O) groups is 2. The van der Waals surface area contributed by atoms with E-state index in [9.17, 15) is 9.59 Å². The van der Waals surface area contributed by atoms with Gasteiger partial charge >= 0.3 is 0 Å². The van der Waals surface area contributed by atoms with Gasteiger partial charge in [-0.25, -0.2) is 0 Å². The van der Waals surface area contributed by atoms with Crippen molar-refractivity contribution in [3.8, 4) is 0 Å². The first kappa shape index (κ1) is 20.4. The van der Waals surface area contributed by atoms with E-state index in [2.05, 4.69) is 10.6 Å². The zero-order valence-electron chi connectivity index (χ0n) is 14.1. The van der Waals surface area contributed by atoms with Crippen molar-refractivity contribution < 1.29 is 14.3 Å². The van der Waals surface area contributed by atoms with E-state index in [4.69, 9.17) is 10.5 Å². The first-order valence-electron chi connectivity index (χ1n) is 8.04. The summed E-state index contributed by atoms with van der Waals surface area (Å²) in [7, 11) is 0. The molecule has 2 rings (SSSR count). The minimum absolute atomic E-state index is 0. The zero-order chi connectivity index (χ0) is 16.8. The Morgan fingerprint density at radius 2 is 1.75 bits per heavy atom. The van der Waals surface area contributed by atoms with Gasteiger partial charge < -0.3 is 21.1 Å². The average Bonchev–Trinajstić information content (AvgIpc) is 2.97. The van der Waals surface area contributed by atoms with Gasteiger partial charge in [-0.05, 0) is 43.0 Å². The highest BCUT2D eigenvalue weighted by Gasteiger charge is 2.29. The summed E-state index contributed by atoms with van der Waals surface area (Å²) in [5.41, 5.74) is 6.94. The second-order valence-corrected chi connectivity index (χ2v) is 6.27. The molecule has 0 unspecified atom stereocenters. The highest BCUT2D eigenvalue weighted by atomic mass is 35.5. The topological polar surface area (TPSA) is 93.5 Å². The monoisotopic (exact) mass is 355 g/mol. The Morgan fingerprint density at radius 3 is 2.25 bits per heavy atom. The molecular weight excluding hydrogens is 330 g/mol. The van der Waals surface area contributed by atoms with E-state index in [1.165, 1.54) is 0 Å². The van der Waals surface area contributed by atoms with E-state index in [0.29, 0.717) is 36.7 Å². The number of carbonyl (C=O) groups excluding carboxylic acids is 2. The maximum absolute atomic E-state index is 12.1. The summed E-state index contributed by atoms with van der Waals surface area (Å²) in [6.45, 7) is 4.44. The van der Waals surface area contributed by atoms with Gasteiger partial charge in [0.25, 0.3) is 5.91 Å². The predicted octanol–water partition coefficient (Wildman–Crippen LogP) is 2.54. The molecule has 0 aromatic heterocycles. The predicted molar refractivity (Wildman–Crippen MR) is 97.4 cm³/mol. The number of hydrogen-bond acceptors (Lipinski definition) is 4. The van der Waals surface area contributed by atoms with Crippen LogP contribution in [0.5, 0.6) is 0 Å². The Hall–Kier alpha value is -1.63. The lowest BCUT2D eigenvalue weighted by Crippen LogP contribution is -2.29. The van der Waals surface area contributed by atoms with Crippen LogP contribution in [-0.4, -0.2) is 30.6 Å². The van der Waals surface area contributed by atoms with Crippen molar-refractivity contribution in [2.24, 2.45) is 11.7 Å². The molecule has 0 spiro atoms. The molecule has 0 radical (unpaired) electrons. The first-order valence-corrected chi connectivity index (χ1v) is 8.04. The Balaban J connectivity index is 0.00000288. The molecule has 0 aliphatic carbocycles. The summed E-state index contributed by atoms with van der Waals surface area (Å²) in [4.78, 5) is 23.8. The van der Waals surface area contributed by atoms with Crippen LogP contribution in [0.2, 0.25) is 0 Å². The van der Waals surface area contributed by atoms with Crippen LogP contribution in [0.3, 0.4) is 0 Å². The highest BCUT2D eigenvalue weighted by Crippen LogP contribution is 2.21. The van der Waals surface area contributed by atoms with Gasteiger partial charge in [0.05, 0.1) is 6.10 Å². The van der Waals surface area contributed by atoms with Crippen LogP contribution >= 0.6 is 12.4 Å². The summed E-state index contributed by atoms with van der Waals surface area (Å²) in [5.74, 6) is 0.152. The highest BCUT2D eigenvalue weighted by molar-refractivity contribution is 5.95. The minimum atomic E-state index is -0.436. The second kappa shape index (κ2) is 9.61. The molecule has 1 aliphatic heterocycles. The van der Waals surface area contributed by atoms with Crippen molar-refractivity contribution >= 4 is 35.6 Å². The molecule has 2 amide bonds. The molecule has 1 fully saturated rings. The molecule has 1 saturated heterocycles. The lowest BCUT2D eigenvalue weighted by molar-refractivity contribution is -0.126. The maximum Gasteiger partial charge on any atom is 0.253 e. The molecule has 1 aromatic carbocycles. The largest absolute Gasteiger partial charge is 0.364 e. The van der Waals surface area contributed by atoms with Crippen LogP contribution in [0, 0.1) is 5.92 Å². The van der Waals surface area contributed by atoms with Crippen LogP contribution in [0.25, 0.3) is 0 Å². The molecule has 0 saturated carbocycles. The van der Waals surface area contributed by atoms with Gasteiger partial charge in [0.1, 0.15) is 6.10 Å². The third-order valence-corrected chi connectivity index (χ3v) is 3.69. The van der Waals surface area contributed by atoms with Crippen LogP contribution in [-0.2, 0) is 14.3 Å². The summed E-state index contributed by atoms with van der Waals surface area (Å²) in [5, 5.41) is 5.66. The smallest absolute Gasteiger partial charge is 0.253 e. The number of anilines is 2. The van der Waals surface area contributed by atoms with Crippen molar-refractivity contribution in [1.82, 2.24) is 0 Å². The average molecular weight is 356 g/mol. The van der Waals surface area contributed by atoms with E-state index in [1.54, 1.807) is 24.3 Å². The minimum Gasteiger partial charge on any atom is -0.364 e. The fourth-order valence-electron chi connectivity index (χ4n) is 2.51. The summed E-state index contributed by atoms with van der Waals surface area (Å²) in [6, 6.07) is 7.06. The van der Waals surface area contributed by atoms with E-state index < -0.39 is 6.10 Å². The molecule has 134 valence electrons. The van der Waals surface area contributed by atoms with Crippen molar-refractivity contribution in [3.63, 3.8) is 0 Å². The van der Waals surface area contributed by atoms with Gasteiger partial charge in [0.2, 0.25) is 5.91 Å². The van der Waals surface area contributed by atoms with Gasteiger partial charge in [0.15, 0.2) is 0 Å². The fraction of sp³-hybridized carbons (Fsp3) is 0.529. The number of benzene rings is 1. The van der Waals surface area contributed by atoms with E-state index in [1.807, 2.05) is 13.8 Å². The second-order valence-electron chi connectivity index (χ2n) is 6.27. The van der Waals surface area contributed by atoms with E-state index >= 15 is 0 Å². The molecular formula is C17H26ClN3O3. The van der Waals surface area contributed by atoms with Gasteiger partial charge in [0, 0.05) is 24.3 Å². The zero-order valence-corrected chi connectivity index (χ0v) is 14.9. The molecule has 1 heterocycles. The number of hydrogen-bond donors (Lipinski definition) is 3. The van der Waals surface area contributed by atoms with Crippen LogP contribution in [0.1, 0.15) is 33.1 Å². The van der Waals surface area contributed by atoms with E-state index in [-0.39, 0.29) is 30.3 Å². The molecule has 1 aromatic rings. The van der Waals surface area contributed by atoms with Crippen LogP contribution < -0.4 is 16.4 Å². The maximum atomic E-state index is 12.1. The SMILES string of the molecule is CC(C)CC(=O)Nc1ccc(NC(=O)[C@@H]2CC[C@H](CN)O2)cc1.Cl. The first-order chi connectivity index (χ1) is 11.0. The Morgan fingerprint density at radius 1 is 1.17 bits per heavy atom. The Labute approximate surface area is 148 Å². The summed E-state index contributed by atoms with van der Waals surface area (Å²) >= 11 is 0. The van der Waals surface area contributed by atoms with Gasteiger partial charge in [-0.3, -0.25) is 9.59 Å². The molecule has 24 heavy (non-hydrogen) atoms. The van der Waals surface area contributed by atoms with E-state index in [0.717, 1.165) is 6.42 Å². The van der Waals surface area contributed by atoms with Gasteiger partial charge in [-0.15, -0.1) is 12.4 Å². The molecule has 0 bridgehead atoms. The quantitative estimate of drug-likeness (QED) is 0.731. The van der Waals surface area contributed by atoms with Crippen molar-refractivity contribution in [1.29, 1.82) is 0 Å². The number of nitrogens with one attached hydrogen (secondary N) is 2. The number of ether oxygens (including phenoxy) is 1. The van der Waals surface area contributed by atoms with Crippen molar-refractivity contribution in [2.45, 2.75) is 45.3 Å².